The van der Waals surface area contributed by atoms with Crippen molar-refractivity contribution >= 4 is 46.0 Å². The van der Waals surface area contributed by atoms with Crippen LogP contribution in [0.2, 0.25) is 10.0 Å². The van der Waals surface area contributed by atoms with E-state index in [9.17, 15) is 4.79 Å². The summed E-state index contributed by atoms with van der Waals surface area (Å²) in [5, 5.41) is 5.27. The lowest BCUT2D eigenvalue weighted by molar-refractivity contribution is 0.0564. The lowest BCUT2D eigenvalue weighted by Gasteiger charge is -2.46. The molecule has 0 saturated carbocycles. The van der Waals surface area contributed by atoms with Crippen molar-refractivity contribution in [3.8, 4) is 5.69 Å². The van der Waals surface area contributed by atoms with Gasteiger partial charge in [-0.15, -0.1) is 0 Å². The molecular weight excluding hydrogens is 471 g/mol. The first-order valence-electron chi connectivity index (χ1n) is 11.3. The molecule has 7 nitrogen and oxygen atoms in total. The van der Waals surface area contributed by atoms with E-state index in [1.54, 1.807) is 29.2 Å². The number of hydrogen-bond donors (Lipinski definition) is 0. The lowest BCUT2D eigenvalue weighted by atomic mass is 9.84. The number of nitrogens with zero attached hydrogens (tertiary/aromatic N) is 6. The third-order valence-corrected chi connectivity index (χ3v) is 7.37. The number of rotatable bonds is 3. The van der Waals surface area contributed by atoms with E-state index in [0.29, 0.717) is 27.4 Å². The minimum Gasteiger partial charge on any atom is -0.355 e. The lowest BCUT2D eigenvalue weighted by Crippen LogP contribution is -2.54. The Morgan fingerprint density at radius 1 is 0.941 bits per heavy atom. The van der Waals surface area contributed by atoms with Crippen molar-refractivity contribution in [2.24, 2.45) is 11.8 Å². The molecule has 0 aliphatic carbocycles. The van der Waals surface area contributed by atoms with Gasteiger partial charge in [-0.3, -0.25) is 9.78 Å². The summed E-state index contributed by atoms with van der Waals surface area (Å²) in [5.74, 6) is 1.65. The van der Waals surface area contributed by atoms with Crippen LogP contribution in [0.1, 0.15) is 16.8 Å². The van der Waals surface area contributed by atoms with Crippen LogP contribution in [0.15, 0.2) is 61.1 Å². The van der Waals surface area contributed by atoms with Gasteiger partial charge in [-0.05, 0) is 48.6 Å². The van der Waals surface area contributed by atoms with Crippen molar-refractivity contribution in [2.45, 2.75) is 6.42 Å². The Morgan fingerprint density at radius 3 is 2.41 bits per heavy atom. The fraction of sp³-hybridized carbons (Fsp3) is 0.280. The van der Waals surface area contributed by atoms with E-state index in [1.807, 2.05) is 41.4 Å². The zero-order chi connectivity index (χ0) is 23.2. The van der Waals surface area contributed by atoms with E-state index in [-0.39, 0.29) is 5.91 Å². The SMILES string of the molecule is O=C(c1ccccc1-n1cccn1)N1CC2CC(C1)CN(c1cnc3cc(Cl)c(Cl)cc3n1)C2. The Hall–Kier alpha value is -3.16. The summed E-state index contributed by atoms with van der Waals surface area (Å²) in [6.45, 7) is 3.12. The fourth-order valence-corrected chi connectivity index (χ4v) is 5.54. The maximum atomic E-state index is 13.5. The zero-order valence-corrected chi connectivity index (χ0v) is 19.8. The van der Waals surface area contributed by atoms with E-state index in [0.717, 1.165) is 55.1 Å². The number of halogens is 2. The molecule has 2 aliphatic heterocycles. The first kappa shape index (κ1) is 21.4. The van der Waals surface area contributed by atoms with Gasteiger partial charge in [0, 0.05) is 38.6 Å². The number of fused-ring (bicyclic) bond motifs is 3. The molecule has 6 rings (SSSR count). The van der Waals surface area contributed by atoms with Crippen LogP contribution in [0.4, 0.5) is 5.82 Å². The van der Waals surface area contributed by atoms with Gasteiger partial charge >= 0.3 is 0 Å². The molecule has 2 aliphatic rings. The average Bonchev–Trinajstić information content (AvgIpc) is 3.38. The molecule has 2 unspecified atom stereocenters. The Labute approximate surface area is 206 Å². The third-order valence-electron chi connectivity index (χ3n) is 6.65. The van der Waals surface area contributed by atoms with E-state index in [2.05, 4.69) is 15.0 Å². The molecule has 172 valence electrons. The number of carbonyl (C=O) groups is 1. The van der Waals surface area contributed by atoms with Crippen LogP contribution in [0, 0.1) is 11.8 Å². The summed E-state index contributed by atoms with van der Waals surface area (Å²) >= 11 is 12.3. The molecule has 2 saturated heterocycles. The molecule has 34 heavy (non-hydrogen) atoms. The van der Waals surface area contributed by atoms with Crippen molar-refractivity contribution in [2.75, 3.05) is 31.1 Å². The van der Waals surface area contributed by atoms with Crippen LogP contribution in [0.25, 0.3) is 16.7 Å². The summed E-state index contributed by atoms with van der Waals surface area (Å²) < 4.78 is 1.75. The van der Waals surface area contributed by atoms with Crippen LogP contribution in [-0.4, -0.2) is 56.7 Å². The van der Waals surface area contributed by atoms with Crippen molar-refractivity contribution in [1.82, 2.24) is 24.6 Å². The number of likely N-dealkylation sites (tertiary alicyclic amines) is 1. The molecule has 4 heterocycles. The molecular formula is C25H22Cl2N6O. The van der Waals surface area contributed by atoms with Gasteiger partial charge in [-0.1, -0.05) is 35.3 Å². The predicted octanol–water partition coefficient (Wildman–Crippen LogP) is 4.72. The van der Waals surface area contributed by atoms with Crippen LogP contribution in [-0.2, 0) is 0 Å². The summed E-state index contributed by atoms with van der Waals surface area (Å²) in [6, 6.07) is 13.0. The van der Waals surface area contributed by atoms with Gasteiger partial charge in [0.15, 0.2) is 0 Å². The van der Waals surface area contributed by atoms with Crippen molar-refractivity contribution in [1.29, 1.82) is 0 Å². The first-order chi connectivity index (χ1) is 16.5. The van der Waals surface area contributed by atoms with Gasteiger partial charge in [0.1, 0.15) is 5.82 Å². The van der Waals surface area contributed by atoms with E-state index < -0.39 is 0 Å². The summed E-state index contributed by atoms with van der Waals surface area (Å²) in [7, 11) is 0. The molecule has 9 heteroatoms. The van der Waals surface area contributed by atoms with Gasteiger partial charge in [-0.2, -0.15) is 5.10 Å². The second-order valence-electron chi connectivity index (χ2n) is 9.03. The molecule has 2 atom stereocenters. The fourth-order valence-electron chi connectivity index (χ4n) is 5.22. The summed E-state index contributed by atoms with van der Waals surface area (Å²) in [5.41, 5.74) is 2.94. The Morgan fingerprint density at radius 2 is 1.68 bits per heavy atom. The smallest absolute Gasteiger partial charge is 0.256 e. The molecule has 1 amide bonds. The first-order valence-corrected chi connectivity index (χ1v) is 12.1. The third kappa shape index (κ3) is 3.89. The number of hydrogen-bond acceptors (Lipinski definition) is 5. The van der Waals surface area contributed by atoms with E-state index in [1.165, 1.54) is 0 Å². The van der Waals surface area contributed by atoms with Gasteiger partial charge in [0.05, 0.1) is 38.5 Å². The van der Waals surface area contributed by atoms with Crippen LogP contribution >= 0.6 is 23.2 Å². The highest BCUT2D eigenvalue weighted by atomic mass is 35.5. The van der Waals surface area contributed by atoms with Gasteiger partial charge in [-0.25, -0.2) is 9.67 Å². The number of amides is 1. The number of carbonyl (C=O) groups excluding carboxylic acids is 1. The zero-order valence-electron chi connectivity index (χ0n) is 18.3. The van der Waals surface area contributed by atoms with Gasteiger partial charge < -0.3 is 9.80 Å². The Balaban J connectivity index is 1.21. The normalized spacial score (nSPS) is 20.1. The standard InChI is InChI=1S/C25H22Cl2N6O/c26-19-9-21-22(10-20(19)27)30-24(11-28-21)31-12-16-8-17(13-31)15-32(14-16)25(34)18-4-1-2-5-23(18)33-7-3-6-29-33/h1-7,9-11,16-17H,8,12-15H2. The van der Waals surface area contributed by atoms with Crippen molar-refractivity contribution in [3.63, 3.8) is 0 Å². The monoisotopic (exact) mass is 492 g/mol. The van der Waals surface area contributed by atoms with Crippen LogP contribution in [0.5, 0.6) is 0 Å². The van der Waals surface area contributed by atoms with Crippen molar-refractivity contribution in [3.05, 3.63) is 76.7 Å². The van der Waals surface area contributed by atoms with E-state index >= 15 is 0 Å². The van der Waals surface area contributed by atoms with Crippen LogP contribution < -0.4 is 4.90 Å². The molecule has 0 N–H and O–H groups in total. The molecule has 0 radical (unpaired) electrons. The Bertz CT molecular complexity index is 1360. The summed E-state index contributed by atoms with van der Waals surface area (Å²) in [6.07, 6.45) is 6.50. The number of benzene rings is 2. The Kier molecular flexibility index (Phi) is 5.38. The van der Waals surface area contributed by atoms with Gasteiger partial charge in [0.2, 0.25) is 0 Å². The van der Waals surface area contributed by atoms with E-state index in [4.69, 9.17) is 28.2 Å². The molecule has 2 aromatic carbocycles. The molecule has 2 fully saturated rings. The molecule has 4 aromatic rings. The predicted molar refractivity (Wildman–Crippen MR) is 133 cm³/mol. The highest BCUT2D eigenvalue weighted by Gasteiger charge is 2.37. The second kappa shape index (κ2) is 8.56. The number of piperidine rings is 2. The second-order valence-corrected chi connectivity index (χ2v) is 9.85. The topological polar surface area (TPSA) is 67.2 Å². The minimum absolute atomic E-state index is 0.0614. The maximum Gasteiger partial charge on any atom is 0.256 e. The number of aromatic nitrogens is 4. The summed E-state index contributed by atoms with van der Waals surface area (Å²) in [4.78, 5) is 27.2. The van der Waals surface area contributed by atoms with Crippen molar-refractivity contribution < 1.29 is 4.79 Å². The number of anilines is 1. The average molecular weight is 493 g/mol. The largest absolute Gasteiger partial charge is 0.355 e. The number of para-hydroxylation sites is 1. The maximum absolute atomic E-state index is 13.5. The highest BCUT2D eigenvalue weighted by molar-refractivity contribution is 6.42. The quantitative estimate of drug-likeness (QED) is 0.413. The van der Waals surface area contributed by atoms with Crippen LogP contribution in [0.3, 0.4) is 0 Å². The van der Waals surface area contributed by atoms with Gasteiger partial charge in [0.25, 0.3) is 5.91 Å². The highest BCUT2D eigenvalue weighted by Crippen LogP contribution is 2.33. The molecule has 0 spiro atoms. The molecule has 2 bridgehead atoms. The minimum atomic E-state index is 0.0614. The molecule has 2 aromatic heterocycles.